The van der Waals surface area contributed by atoms with Crippen LogP contribution in [0.3, 0.4) is 0 Å². The van der Waals surface area contributed by atoms with Gasteiger partial charge in [-0.2, -0.15) is 0 Å². The Hall–Kier alpha value is -2.34. The predicted molar refractivity (Wildman–Crippen MR) is 96.3 cm³/mol. The van der Waals surface area contributed by atoms with E-state index < -0.39 is 10.0 Å². The molecule has 0 fully saturated rings. The fourth-order valence-corrected chi connectivity index (χ4v) is 3.28. The fraction of sp³-hybridized carbons (Fsp3) is 0.278. The molecular formula is C18H22N2O3S. The molecule has 1 amide bonds. The molecule has 24 heavy (non-hydrogen) atoms. The highest BCUT2D eigenvalue weighted by Crippen LogP contribution is 2.17. The van der Waals surface area contributed by atoms with Crippen molar-refractivity contribution in [2.75, 3.05) is 17.0 Å². The van der Waals surface area contributed by atoms with Crippen molar-refractivity contribution in [2.24, 2.45) is 0 Å². The molecule has 5 nitrogen and oxygen atoms in total. The van der Waals surface area contributed by atoms with Gasteiger partial charge in [0.1, 0.15) is 0 Å². The minimum Gasteiger partial charge on any atom is -0.355 e. The second-order valence-corrected chi connectivity index (χ2v) is 7.49. The normalized spacial score (nSPS) is 12.4. The Kier molecular flexibility index (Phi) is 6.37. The summed E-state index contributed by atoms with van der Waals surface area (Å²) in [7, 11) is -3.48. The summed E-state index contributed by atoms with van der Waals surface area (Å²) in [6.45, 7) is 2.06. The van der Waals surface area contributed by atoms with E-state index in [1.54, 1.807) is 24.3 Å². The van der Waals surface area contributed by atoms with E-state index in [-0.39, 0.29) is 24.1 Å². The van der Waals surface area contributed by atoms with Crippen LogP contribution in [0.5, 0.6) is 0 Å². The largest absolute Gasteiger partial charge is 0.355 e. The standard InChI is InChI=1S/C18H22N2O3S/c1-15(16-8-4-2-5-9-16)14-18(21)19-12-13-24(22,23)20-17-10-6-3-7-11-17/h2-11,15,20H,12-14H2,1H3,(H,19,21). The Labute approximate surface area is 143 Å². The molecule has 1 unspecified atom stereocenters. The lowest BCUT2D eigenvalue weighted by atomic mass is 9.98. The minimum atomic E-state index is -3.48. The Balaban J connectivity index is 1.76. The number of carbonyl (C=O) groups excluding carboxylic acids is 1. The van der Waals surface area contributed by atoms with Crippen molar-refractivity contribution in [2.45, 2.75) is 19.3 Å². The van der Waals surface area contributed by atoms with Crippen molar-refractivity contribution in [3.05, 3.63) is 66.2 Å². The summed E-state index contributed by atoms with van der Waals surface area (Å²) in [5.41, 5.74) is 1.60. The first-order valence-electron chi connectivity index (χ1n) is 7.83. The van der Waals surface area contributed by atoms with Gasteiger partial charge in [0.2, 0.25) is 15.9 Å². The maximum atomic E-state index is 12.0. The molecule has 0 spiro atoms. The number of rotatable bonds is 8. The smallest absolute Gasteiger partial charge is 0.234 e. The molecule has 0 saturated heterocycles. The molecule has 128 valence electrons. The first-order valence-corrected chi connectivity index (χ1v) is 9.49. The Morgan fingerprint density at radius 1 is 1.00 bits per heavy atom. The van der Waals surface area contributed by atoms with Crippen LogP contribution in [-0.4, -0.2) is 26.6 Å². The third-order valence-electron chi connectivity index (χ3n) is 3.60. The molecule has 2 aromatic carbocycles. The zero-order valence-electron chi connectivity index (χ0n) is 13.6. The number of hydrogen-bond acceptors (Lipinski definition) is 3. The van der Waals surface area contributed by atoms with Gasteiger partial charge < -0.3 is 5.32 Å². The van der Waals surface area contributed by atoms with Gasteiger partial charge in [0.25, 0.3) is 0 Å². The van der Waals surface area contributed by atoms with Crippen molar-refractivity contribution in [1.82, 2.24) is 5.32 Å². The molecule has 2 aromatic rings. The van der Waals surface area contributed by atoms with Crippen molar-refractivity contribution in [3.8, 4) is 0 Å². The molecule has 0 aliphatic heterocycles. The first-order chi connectivity index (χ1) is 11.5. The summed E-state index contributed by atoms with van der Waals surface area (Å²) in [5, 5.41) is 2.67. The van der Waals surface area contributed by atoms with Gasteiger partial charge in [-0.1, -0.05) is 55.5 Å². The highest BCUT2D eigenvalue weighted by molar-refractivity contribution is 7.92. The van der Waals surface area contributed by atoms with Crippen LogP contribution in [0.2, 0.25) is 0 Å². The predicted octanol–water partition coefficient (Wildman–Crippen LogP) is 2.74. The first kappa shape index (κ1) is 18.0. The Morgan fingerprint density at radius 3 is 2.21 bits per heavy atom. The third kappa shape index (κ3) is 6.04. The minimum absolute atomic E-state index is 0.0858. The molecule has 0 saturated carbocycles. The topological polar surface area (TPSA) is 75.3 Å². The molecule has 2 rings (SSSR count). The molecule has 0 bridgehead atoms. The van der Waals surface area contributed by atoms with Gasteiger partial charge >= 0.3 is 0 Å². The number of hydrogen-bond donors (Lipinski definition) is 2. The van der Waals surface area contributed by atoms with E-state index in [1.165, 1.54) is 0 Å². The Bertz CT molecular complexity index is 746. The monoisotopic (exact) mass is 346 g/mol. The summed E-state index contributed by atoms with van der Waals surface area (Å²) in [6.07, 6.45) is 0.330. The van der Waals surface area contributed by atoms with Crippen LogP contribution < -0.4 is 10.0 Å². The molecule has 0 heterocycles. The van der Waals surface area contributed by atoms with Gasteiger partial charge in [-0.05, 0) is 23.6 Å². The van der Waals surface area contributed by atoms with E-state index in [9.17, 15) is 13.2 Å². The third-order valence-corrected chi connectivity index (χ3v) is 4.89. The van der Waals surface area contributed by atoms with Crippen molar-refractivity contribution < 1.29 is 13.2 Å². The van der Waals surface area contributed by atoms with Crippen molar-refractivity contribution in [1.29, 1.82) is 0 Å². The van der Waals surface area contributed by atoms with Crippen molar-refractivity contribution >= 4 is 21.6 Å². The quantitative estimate of drug-likeness (QED) is 0.772. The summed E-state index contributed by atoms with van der Waals surface area (Å²) < 4.78 is 26.4. The van der Waals surface area contributed by atoms with Crippen LogP contribution in [0.1, 0.15) is 24.8 Å². The molecule has 0 aliphatic carbocycles. The molecule has 0 aliphatic rings. The van der Waals surface area contributed by atoms with E-state index in [2.05, 4.69) is 10.0 Å². The molecule has 0 radical (unpaired) electrons. The van der Waals surface area contributed by atoms with E-state index in [1.807, 2.05) is 43.3 Å². The van der Waals surface area contributed by atoms with Crippen LogP contribution in [0.4, 0.5) is 5.69 Å². The number of carbonyl (C=O) groups is 1. The number of amides is 1. The van der Waals surface area contributed by atoms with Gasteiger partial charge in [0.05, 0.1) is 5.75 Å². The average Bonchev–Trinajstić information content (AvgIpc) is 2.56. The fourth-order valence-electron chi connectivity index (χ4n) is 2.31. The van der Waals surface area contributed by atoms with Gasteiger partial charge in [-0.25, -0.2) is 8.42 Å². The lowest BCUT2D eigenvalue weighted by Crippen LogP contribution is -2.31. The van der Waals surface area contributed by atoms with Gasteiger partial charge in [-0.15, -0.1) is 0 Å². The summed E-state index contributed by atoms with van der Waals surface area (Å²) in [6, 6.07) is 18.4. The van der Waals surface area contributed by atoms with Crippen LogP contribution in [0.15, 0.2) is 60.7 Å². The number of para-hydroxylation sites is 1. The molecule has 0 aromatic heterocycles. The summed E-state index contributed by atoms with van der Waals surface area (Å²) in [5.74, 6) is -0.223. The van der Waals surface area contributed by atoms with Crippen molar-refractivity contribution in [3.63, 3.8) is 0 Å². The Morgan fingerprint density at radius 2 is 1.58 bits per heavy atom. The zero-order valence-corrected chi connectivity index (χ0v) is 14.4. The van der Waals surface area contributed by atoms with E-state index >= 15 is 0 Å². The van der Waals surface area contributed by atoms with Gasteiger partial charge in [0, 0.05) is 18.7 Å². The molecule has 1 atom stereocenters. The maximum Gasteiger partial charge on any atom is 0.234 e. The van der Waals surface area contributed by atoms with E-state index in [4.69, 9.17) is 0 Å². The summed E-state index contributed by atoms with van der Waals surface area (Å²) in [4.78, 5) is 11.9. The lowest BCUT2D eigenvalue weighted by molar-refractivity contribution is -0.121. The average molecular weight is 346 g/mol. The second kappa shape index (κ2) is 8.49. The highest BCUT2D eigenvalue weighted by atomic mass is 32.2. The SMILES string of the molecule is CC(CC(=O)NCCS(=O)(=O)Nc1ccccc1)c1ccccc1. The lowest BCUT2D eigenvalue weighted by Gasteiger charge is -2.12. The number of benzene rings is 2. The van der Waals surface area contributed by atoms with E-state index in [0.29, 0.717) is 12.1 Å². The van der Waals surface area contributed by atoms with Crippen LogP contribution in [-0.2, 0) is 14.8 Å². The summed E-state index contributed by atoms with van der Waals surface area (Å²) >= 11 is 0. The number of nitrogens with one attached hydrogen (secondary N) is 2. The van der Waals surface area contributed by atoms with Crippen LogP contribution in [0, 0.1) is 0 Å². The maximum absolute atomic E-state index is 12.0. The molecule has 2 N–H and O–H groups in total. The van der Waals surface area contributed by atoms with E-state index in [0.717, 1.165) is 5.56 Å². The molecule has 6 heteroatoms. The zero-order chi connectivity index (χ0) is 17.4. The molecular weight excluding hydrogens is 324 g/mol. The highest BCUT2D eigenvalue weighted by Gasteiger charge is 2.13. The van der Waals surface area contributed by atoms with Crippen LogP contribution >= 0.6 is 0 Å². The number of sulfonamides is 1. The van der Waals surface area contributed by atoms with Gasteiger partial charge in [-0.3, -0.25) is 9.52 Å². The number of anilines is 1. The van der Waals surface area contributed by atoms with Crippen LogP contribution in [0.25, 0.3) is 0 Å². The van der Waals surface area contributed by atoms with Gasteiger partial charge in [0.15, 0.2) is 0 Å². The second-order valence-electron chi connectivity index (χ2n) is 5.65.